The standard InChI is InChI=1S/C23H21F2N3O/c24-18-8-6-16(7-9-18)13-28-22-15-26(12-17-3-1-4-19(25)11-17)14-21(22)27-10-2-5-20(27)23(28)29/h1-11,21-22H,12-15H2/t21-,22-/m1/s1. The van der Waals surface area contributed by atoms with E-state index in [1.54, 1.807) is 24.3 Å². The van der Waals surface area contributed by atoms with Gasteiger partial charge in [-0.15, -0.1) is 0 Å². The lowest BCUT2D eigenvalue weighted by Gasteiger charge is -2.38. The summed E-state index contributed by atoms with van der Waals surface area (Å²) < 4.78 is 28.9. The second-order valence-corrected chi connectivity index (χ2v) is 7.82. The molecular formula is C23H21F2N3O. The third kappa shape index (κ3) is 3.34. The predicted octanol–water partition coefficient (Wildman–Crippen LogP) is 3.85. The average Bonchev–Trinajstić information content (AvgIpc) is 3.34. The third-order valence-electron chi connectivity index (χ3n) is 5.91. The molecule has 0 aliphatic carbocycles. The molecule has 0 N–H and O–H groups in total. The second kappa shape index (κ2) is 7.12. The summed E-state index contributed by atoms with van der Waals surface area (Å²) in [5, 5.41) is 0. The van der Waals surface area contributed by atoms with E-state index in [-0.39, 0.29) is 29.6 Å². The number of halogens is 2. The highest BCUT2D eigenvalue weighted by Crippen LogP contribution is 2.35. The fourth-order valence-corrected chi connectivity index (χ4v) is 4.59. The van der Waals surface area contributed by atoms with Crippen LogP contribution in [0.25, 0.3) is 0 Å². The lowest BCUT2D eigenvalue weighted by Crippen LogP contribution is -2.49. The molecule has 1 saturated heterocycles. The number of carbonyl (C=O) groups is 1. The molecule has 0 unspecified atom stereocenters. The first-order chi connectivity index (χ1) is 14.1. The lowest BCUT2D eigenvalue weighted by molar-refractivity contribution is 0.0556. The predicted molar refractivity (Wildman–Crippen MR) is 105 cm³/mol. The third-order valence-corrected chi connectivity index (χ3v) is 5.91. The van der Waals surface area contributed by atoms with Crippen LogP contribution in [0, 0.1) is 11.6 Å². The molecule has 5 rings (SSSR count). The van der Waals surface area contributed by atoms with Crippen LogP contribution >= 0.6 is 0 Å². The van der Waals surface area contributed by atoms with Crippen molar-refractivity contribution in [2.75, 3.05) is 13.1 Å². The van der Waals surface area contributed by atoms with Crippen molar-refractivity contribution in [1.82, 2.24) is 14.4 Å². The molecule has 2 atom stereocenters. The highest BCUT2D eigenvalue weighted by molar-refractivity contribution is 5.94. The molecule has 3 heterocycles. The summed E-state index contributed by atoms with van der Waals surface area (Å²) in [5.74, 6) is -0.527. The van der Waals surface area contributed by atoms with Gasteiger partial charge in [0.25, 0.3) is 5.91 Å². The molecule has 1 fully saturated rings. The maximum atomic E-state index is 13.6. The van der Waals surface area contributed by atoms with Crippen LogP contribution in [0.15, 0.2) is 66.9 Å². The van der Waals surface area contributed by atoms with Gasteiger partial charge in [-0.25, -0.2) is 8.78 Å². The number of carbonyl (C=O) groups excluding carboxylic acids is 1. The van der Waals surface area contributed by atoms with Crippen LogP contribution in [0.1, 0.15) is 27.7 Å². The van der Waals surface area contributed by atoms with Crippen LogP contribution in [0.5, 0.6) is 0 Å². The Morgan fingerprint density at radius 3 is 2.41 bits per heavy atom. The van der Waals surface area contributed by atoms with E-state index in [1.807, 2.05) is 29.3 Å². The molecule has 2 aliphatic rings. The van der Waals surface area contributed by atoms with Gasteiger partial charge in [0.1, 0.15) is 17.3 Å². The number of amides is 1. The molecule has 6 heteroatoms. The summed E-state index contributed by atoms with van der Waals surface area (Å²) in [6.07, 6.45) is 1.96. The lowest BCUT2D eigenvalue weighted by atomic mass is 10.0. The van der Waals surface area contributed by atoms with Gasteiger partial charge in [0.05, 0.1) is 12.1 Å². The first-order valence-electron chi connectivity index (χ1n) is 9.77. The number of hydrogen-bond acceptors (Lipinski definition) is 2. The number of fused-ring (bicyclic) bond motifs is 3. The van der Waals surface area contributed by atoms with Crippen LogP contribution < -0.4 is 0 Å². The molecule has 148 valence electrons. The van der Waals surface area contributed by atoms with Gasteiger partial charge < -0.3 is 9.47 Å². The quantitative estimate of drug-likeness (QED) is 0.674. The fraction of sp³-hybridized carbons (Fsp3) is 0.261. The molecule has 1 amide bonds. The van der Waals surface area contributed by atoms with Crippen molar-refractivity contribution in [1.29, 1.82) is 0 Å². The Balaban J connectivity index is 1.42. The van der Waals surface area contributed by atoms with Crippen molar-refractivity contribution in [3.63, 3.8) is 0 Å². The van der Waals surface area contributed by atoms with Gasteiger partial charge in [-0.3, -0.25) is 9.69 Å². The van der Waals surface area contributed by atoms with Gasteiger partial charge >= 0.3 is 0 Å². The minimum atomic E-state index is -0.285. The maximum Gasteiger partial charge on any atom is 0.271 e. The van der Waals surface area contributed by atoms with E-state index in [1.165, 1.54) is 18.2 Å². The Morgan fingerprint density at radius 2 is 1.62 bits per heavy atom. The second-order valence-electron chi connectivity index (χ2n) is 7.82. The first-order valence-corrected chi connectivity index (χ1v) is 9.77. The van der Waals surface area contributed by atoms with E-state index >= 15 is 0 Å². The number of hydrogen-bond donors (Lipinski definition) is 0. The maximum absolute atomic E-state index is 13.6. The topological polar surface area (TPSA) is 28.5 Å². The fourth-order valence-electron chi connectivity index (χ4n) is 4.59. The highest BCUT2D eigenvalue weighted by Gasteiger charge is 2.44. The SMILES string of the molecule is O=C1c2cccn2[C@@H]2CN(Cc3cccc(F)c3)C[C@H]2N1Cc1ccc(F)cc1. The minimum absolute atomic E-state index is 0.00631. The van der Waals surface area contributed by atoms with Gasteiger partial charge in [0, 0.05) is 32.4 Å². The Labute approximate surface area is 168 Å². The zero-order valence-corrected chi connectivity index (χ0v) is 15.8. The zero-order chi connectivity index (χ0) is 20.0. The van der Waals surface area contributed by atoms with Crippen molar-refractivity contribution in [2.45, 2.75) is 25.2 Å². The van der Waals surface area contributed by atoms with Crippen molar-refractivity contribution >= 4 is 5.91 Å². The molecule has 2 aromatic carbocycles. The highest BCUT2D eigenvalue weighted by atomic mass is 19.1. The van der Waals surface area contributed by atoms with Crippen molar-refractivity contribution in [2.24, 2.45) is 0 Å². The number of rotatable bonds is 4. The molecule has 1 aromatic heterocycles. The molecule has 0 bridgehead atoms. The molecule has 0 saturated carbocycles. The van der Waals surface area contributed by atoms with E-state index in [9.17, 15) is 13.6 Å². The summed E-state index contributed by atoms with van der Waals surface area (Å²) in [4.78, 5) is 17.3. The van der Waals surface area contributed by atoms with Crippen molar-refractivity contribution in [3.05, 3.63) is 95.3 Å². The van der Waals surface area contributed by atoms with Crippen molar-refractivity contribution in [3.8, 4) is 0 Å². The molecule has 2 aliphatic heterocycles. The van der Waals surface area contributed by atoms with E-state index in [4.69, 9.17) is 0 Å². The van der Waals surface area contributed by atoms with Gasteiger partial charge in [-0.1, -0.05) is 24.3 Å². The normalized spacial score (nSPS) is 21.3. The first kappa shape index (κ1) is 18.1. The smallest absolute Gasteiger partial charge is 0.271 e. The van der Waals surface area contributed by atoms with Gasteiger partial charge in [-0.05, 0) is 47.5 Å². The van der Waals surface area contributed by atoms with Gasteiger partial charge in [0.15, 0.2) is 0 Å². The average molecular weight is 393 g/mol. The van der Waals surface area contributed by atoms with Gasteiger partial charge in [-0.2, -0.15) is 0 Å². The Bertz CT molecular complexity index is 1050. The summed E-state index contributed by atoms with van der Waals surface area (Å²) in [6.45, 7) is 2.58. The molecule has 4 nitrogen and oxygen atoms in total. The Kier molecular flexibility index (Phi) is 4.43. The number of likely N-dealkylation sites (tertiary alicyclic amines) is 1. The van der Waals surface area contributed by atoms with E-state index in [0.29, 0.717) is 25.3 Å². The monoisotopic (exact) mass is 393 g/mol. The van der Waals surface area contributed by atoms with Gasteiger partial charge in [0.2, 0.25) is 0 Å². The Morgan fingerprint density at radius 1 is 0.828 bits per heavy atom. The molecule has 29 heavy (non-hydrogen) atoms. The Hall–Kier alpha value is -2.99. The van der Waals surface area contributed by atoms with Crippen LogP contribution in [0.2, 0.25) is 0 Å². The summed E-state index contributed by atoms with van der Waals surface area (Å²) in [5.41, 5.74) is 2.51. The minimum Gasteiger partial charge on any atom is -0.337 e. The van der Waals surface area contributed by atoms with Crippen LogP contribution in [0.4, 0.5) is 8.78 Å². The van der Waals surface area contributed by atoms with Crippen LogP contribution in [-0.2, 0) is 13.1 Å². The van der Waals surface area contributed by atoms with Crippen molar-refractivity contribution < 1.29 is 13.6 Å². The number of benzene rings is 2. The summed E-state index contributed by atoms with van der Waals surface area (Å²) in [6, 6.07) is 16.9. The summed E-state index contributed by atoms with van der Waals surface area (Å²) >= 11 is 0. The molecule has 0 radical (unpaired) electrons. The zero-order valence-electron chi connectivity index (χ0n) is 15.8. The van der Waals surface area contributed by atoms with E-state index < -0.39 is 0 Å². The molecule has 3 aromatic rings. The van der Waals surface area contributed by atoms with Crippen LogP contribution in [-0.4, -0.2) is 39.4 Å². The summed E-state index contributed by atoms with van der Waals surface area (Å²) in [7, 11) is 0. The number of nitrogens with zero attached hydrogens (tertiary/aromatic N) is 3. The number of aromatic nitrogens is 1. The largest absolute Gasteiger partial charge is 0.337 e. The van der Waals surface area contributed by atoms with Crippen LogP contribution in [0.3, 0.4) is 0 Å². The molecule has 0 spiro atoms. The van der Waals surface area contributed by atoms with E-state index in [0.717, 1.165) is 17.7 Å². The van der Waals surface area contributed by atoms with E-state index in [2.05, 4.69) is 9.47 Å². The molecular weight excluding hydrogens is 372 g/mol.